The molecule has 1 saturated carbocycles. The van der Waals surface area contributed by atoms with E-state index in [2.05, 4.69) is 17.2 Å². The Bertz CT molecular complexity index is 261. The van der Waals surface area contributed by atoms with Crippen LogP contribution in [-0.2, 0) is 4.74 Å². The summed E-state index contributed by atoms with van der Waals surface area (Å²) < 4.78 is 5.54. The fourth-order valence-corrected chi connectivity index (χ4v) is 3.36. The molecule has 1 aliphatic heterocycles. The molecule has 1 aliphatic carbocycles. The molecule has 1 heterocycles. The van der Waals surface area contributed by atoms with Crippen LogP contribution in [0.1, 0.15) is 39.0 Å². The molecule has 0 radical (unpaired) electrons. The number of rotatable bonds is 7. The Morgan fingerprint density at radius 1 is 1.33 bits per heavy atom. The molecule has 2 N–H and O–H groups in total. The van der Waals surface area contributed by atoms with Crippen molar-refractivity contribution in [2.45, 2.75) is 51.1 Å². The van der Waals surface area contributed by atoms with Crippen molar-refractivity contribution >= 4 is 0 Å². The molecule has 0 aromatic carbocycles. The maximum absolute atomic E-state index is 5.54. The first-order valence-corrected chi connectivity index (χ1v) is 7.46. The maximum Gasteiger partial charge on any atom is 0.0672 e. The summed E-state index contributed by atoms with van der Waals surface area (Å²) in [6, 6.07) is 1.47. The molecule has 2 fully saturated rings. The summed E-state index contributed by atoms with van der Waals surface area (Å²) in [6.07, 6.45) is 6.84. The van der Waals surface area contributed by atoms with Gasteiger partial charge >= 0.3 is 0 Å². The Labute approximate surface area is 111 Å². The molecule has 0 bridgehead atoms. The number of hydrogen-bond donors (Lipinski definition) is 2. The highest BCUT2D eigenvalue weighted by Gasteiger charge is 2.34. The fourth-order valence-electron chi connectivity index (χ4n) is 3.36. The van der Waals surface area contributed by atoms with Crippen LogP contribution in [0.25, 0.3) is 0 Å². The highest BCUT2D eigenvalue weighted by molar-refractivity contribution is 4.93. The first-order chi connectivity index (χ1) is 8.77. The molecule has 0 spiro atoms. The molecule has 0 amide bonds. The second-order valence-corrected chi connectivity index (χ2v) is 5.87. The highest BCUT2D eigenvalue weighted by atomic mass is 16.5. The Kier molecular flexibility index (Phi) is 5.67. The lowest BCUT2D eigenvalue weighted by molar-refractivity contribution is 0.152. The predicted octanol–water partition coefficient (Wildman–Crippen LogP) is 2.09. The summed E-state index contributed by atoms with van der Waals surface area (Å²) in [5, 5.41) is 7.35. The van der Waals surface area contributed by atoms with Crippen LogP contribution in [0.4, 0.5) is 0 Å². The molecule has 104 valence electrons. The van der Waals surface area contributed by atoms with E-state index in [0.29, 0.717) is 12.6 Å². The normalized spacial score (nSPS) is 31.9. The van der Waals surface area contributed by atoms with Crippen molar-refractivity contribution in [1.29, 1.82) is 0 Å². The second-order valence-electron chi connectivity index (χ2n) is 5.87. The van der Waals surface area contributed by atoms with Crippen molar-refractivity contribution in [1.82, 2.24) is 10.6 Å². The van der Waals surface area contributed by atoms with E-state index in [1.807, 2.05) is 6.92 Å². The third-order valence-corrected chi connectivity index (χ3v) is 4.19. The molecule has 2 rings (SSSR count). The van der Waals surface area contributed by atoms with Crippen molar-refractivity contribution in [3.05, 3.63) is 12.2 Å². The van der Waals surface area contributed by atoms with Gasteiger partial charge in [-0.05, 0) is 45.1 Å². The van der Waals surface area contributed by atoms with E-state index in [1.165, 1.54) is 38.6 Å². The average molecular weight is 252 g/mol. The van der Waals surface area contributed by atoms with Gasteiger partial charge in [-0.3, -0.25) is 0 Å². The molecule has 3 atom stereocenters. The lowest BCUT2D eigenvalue weighted by Crippen LogP contribution is -2.43. The molecule has 2 aliphatic rings. The Balaban J connectivity index is 1.63. The van der Waals surface area contributed by atoms with Gasteiger partial charge in [-0.15, -0.1) is 0 Å². The van der Waals surface area contributed by atoms with Crippen molar-refractivity contribution < 1.29 is 4.74 Å². The van der Waals surface area contributed by atoms with Gasteiger partial charge < -0.3 is 15.4 Å². The van der Waals surface area contributed by atoms with E-state index in [1.54, 1.807) is 0 Å². The van der Waals surface area contributed by atoms with Crippen LogP contribution in [0.15, 0.2) is 12.2 Å². The lowest BCUT2D eigenvalue weighted by Gasteiger charge is -2.26. The Morgan fingerprint density at radius 3 is 2.94 bits per heavy atom. The van der Waals surface area contributed by atoms with Crippen LogP contribution in [0, 0.1) is 5.92 Å². The van der Waals surface area contributed by atoms with Crippen LogP contribution in [-0.4, -0.2) is 38.4 Å². The van der Waals surface area contributed by atoms with Gasteiger partial charge in [-0.2, -0.15) is 0 Å². The van der Waals surface area contributed by atoms with E-state index < -0.39 is 0 Å². The third kappa shape index (κ3) is 4.08. The predicted molar refractivity (Wildman–Crippen MR) is 75.8 cm³/mol. The smallest absolute Gasteiger partial charge is 0.0672 e. The molecule has 3 unspecified atom stereocenters. The van der Waals surface area contributed by atoms with E-state index in [9.17, 15) is 0 Å². The summed E-state index contributed by atoms with van der Waals surface area (Å²) >= 11 is 0. The standard InChI is InChI=1S/C15H28N2O/c1-12(2)11-18-10-9-17-14-6-3-5-13(14)15-7-4-8-16-15/h13-17H,1,3-11H2,2H3. The quantitative estimate of drug-likeness (QED) is 0.538. The van der Waals surface area contributed by atoms with Crippen molar-refractivity contribution in [3.63, 3.8) is 0 Å². The van der Waals surface area contributed by atoms with Gasteiger partial charge in [0.2, 0.25) is 0 Å². The largest absolute Gasteiger partial charge is 0.376 e. The van der Waals surface area contributed by atoms with Gasteiger partial charge in [0.15, 0.2) is 0 Å². The zero-order valence-corrected chi connectivity index (χ0v) is 11.7. The number of nitrogens with one attached hydrogen (secondary N) is 2. The van der Waals surface area contributed by atoms with Crippen molar-refractivity contribution in [2.75, 3.05) is 26.3 Å². The van der Waals surface area contributed by atoms with Gasteiger partial charge in [0, 0.05) is 18.6 Å². The fraction of sp³-hybridized carbons (Fsp3) is 0.867. The first kappa shape index (κ1) is 14.0. The summed E-state index contributed by atoms with van der Waals surface area (Å²) in [5.74, 6) is 0.841. The van der Waals surface area contributed by atoms with E-state index in [4.69, 9.17) is 4.74 Å². The molecule has 18 heavy (non-hydrogen) atoms. The Hall–Kier alpha value is -0.380. The SMILES string of the molecule is C=C(C)COCCNC1CCCC1C1CCCN1. The van der Waals surface area contributed by atoms with Crippen LogP contribution in [0.3, 0.4) is 0 Å². The van der Waals surface area contributed by atoms with Gasteiger partial charge in [-0.25, -0.2) is 0 Å². The van der Waals surface area contributed by atoms with Gasteiger partial charge in [0.05, 0.1) is 13.2 Å². The minimum atomic E-state index is 0.694. The minimum absolute atomic E-state index is 0.694. The van der Waals surface area contributed by atoms with Crippen LogP contribution >= 0.6 is 0 Å². The number of hydrogen-bond acceptors (Lipinski definition) is 3. The monoisotopic (exact) mass is 252 g/mol. The summed E-state index contributed by atoms with van der Waals surface area (Å²) in [4.78, 5) is 0. The zero-order chi connectivity index (χ0) is 12.8. The molecular weight excluding hydrogens is 224 g/mol. The van der Waals surface area contributed by atoms with Crippen LogP contribution in [0.5, 0.6) is 0 Å². The molecule has 0 aromatic rings. The summed E-state index contributed by atoms with van der Waals surface area (Å²) in [5.41, 5.74) is 1.10. The lowest BCUT2D eigenvalue weighted by atomic mass is 9.93. The van der Waals surface area contributed by atoms with Crippen molar-refractivity contribution in [2.24, 2.45) is 5.92 Å². The molecule has 3 heteroatoms. The Morgan fingerprint density at radius 2 is 2.22 bits per heavy atom. The molecular formula is C15H28N2O. The van der Waals surface area contributed by atoms with E-state index in [-0.39, 0.29) is 0 Å². The van der Waals surface area contributed by atoms with E-state index >= 15 is 0 Å². The van der Waals surface area contributed by atoms with Crippen molar-refractivity contribution in [3.8, 4) is 0 Å². The topological polar surface area (TPSA) is 33.3 Å². The molecule has 1 saturated heterocycles. The summed E-state index contributed by atoms with van der Waals surface area (Å²) in [6.45, 7) is 9.53. The van der Waals surface area contributed by atoms with Crippen LogP contribution < -0.4 is 10.6 Å². The second kappa shape index (κ2) is 7.27. The first-order valence-electron chi connectivity index (χ1n) is 7.46. The molecule has 0 aromatic heterocycles. The number of ether oxygens (including phenoxy) is 1. The highest BCUT2D eigenvalue weighted by Crippen LogP contribution is 2.31. The third-order valence-electron chi connectivity index (χ3n) is 4.19. The minimum Gasteiger partial charge on any atom is -0.376 e. The molecule has 3 nitrogen and oxygen atoms in total. The van der Waals surface area contributed by atoms with Gasteiger partial charge in [-0.1, -0.05) is 18.6 Å². The van der Waals surface area contributed by atoms with Gasteiger partial charge in [0.1, 0.15) is 0 Å². The van der Waals surface area contributed by atoms with Crippen LogP contribution in [0.2, 0.25) is 0 Å². The van der Waals surface area contributed by atoms with Gasteiger partial charge in [0.25, 0.3) is 0 Å². The average Bonchev–Trinajstić information content (AvgIpc) is 2.97. The summed E-state index contributed by atoms with van der Waals surface area (Å²) in [7, 11) is 0. The zero-order valence-electron chi connectivity index (χ0n) is 11.7. The maximum atomic E-state index is 5.54. The van der Waals surface area contributed by atoms with E-state index in [0.717, 1.165) is 30.7 Å².